The van der Waals surface area contributed by atoms with Gasteiger partial charge in [-0.2, -0.15) is 5.10 Å². The topological polar surface area (TPSA) is 70.7 Å². The van der Waals surface area contributed by atoms with Gasteiger partial charge in [0.25, 0.3) is 5.91 Å². The number of fused-ring (bicyclic) bond motifs is 1. The SMILES string of the molecule is Cc1ccc2nc(NC(=O)c3n[nH]c(Br)c3Br)sc2c1. The van der Waals surface area contributed by atoms with Crippen molar-refractivity contribution in [2.45, 2.75) is 6.92 Å². The summed E-state index contributed by atoms with van der Waals surface area (Å²) in [5.74, 6) is -0.311. The minimum absolute atomic E-state index is 0.285. The van der Waals surface area contributed by atoms with Gasteiger partial charge in [0.1, 0.15) is 4.60 Å². The molecule has 0 aliphatic heterocycles. The normalized spacial score (nSPS) is 10.9. The Morgan fingerprint density at radius 3 is 2.90 bits per heavy atom. The molecule has 20 heavy (non-hydrogen) atoms. The number of hydrogen-bond acceptors (Lipinski definition) is 4. The summed E-state index contributed by atoms with van der Waals surface area (Å²) in [6.45, 7) is 2.02. The minimum Gasteiger partial charge on any atom is -0.296 e. The fourth-order valence-electron chi connectivity index (χ4n) is 1.70. The van der Waals surface area contributed by atoms with E-state index in [-0.39, 0.29) is 11.6 Å². The second-order valence-electron chi connectivity index (χ2n) is 4.14. The summed E-state index contributed by atoms with van der Waals surface area (Å²) in [5.41, 5.74) is 2.32. The standard InChI is InChI=1S/C12H8Br2N4OS/c1-5-2-3-6-7(4-5)20-12(15-6)16-11(19)9-8(13)10(14)18-17-9/h2-4H,1H3,(H,17,18)(H,15,16,19). The zero-order valence-electron chi connectivity index (χ0n) is 10.2. The number of benzene rings is 1. The van der Waals surface area contributed by atoms with Crippen LogP contribution in [-0.4, -0.2) is 21.1 Å². The molecule has 1 amide bonds. The van der Waals surface area contributed by atoms with Gasteiger partial charge in [-0.25, -0.2) is 4.98 Å². The Morgan fingerprint density at radius 1 is 1.40 bits per heavy atom. The molecule has 0 fully saturated rings. The zero-order chi connectivity index (χ0) is 14.3. The van der Waals surface area contributed by atoms with E-state index in [1.165, 1.54) is 11.3 Å². The van der Waals surface area contributed by atoms with Crippen LogP contribution < -0.4 is 5.32 Å². The molecule has 8 heteroatoms. The van der Waals surface area contributed by atoms with E-state index in [9.17, 15) is 4.79 Å². The monoisotopic (exact) mass is 414 g/mol. The molecule has 0 radical (unpaired) electrons. The number of H-pyrrole nitrogens is 1. The van der Waals surface area contributed by atoms with Crippen LogP contribution in [0.5, 0.6) is 0 Å². The van der Waals surface area contributed by atoms with Crippen LogP contribution in [0.3, 0.4) is 0 Å². The molecule has 5 nitrogen and oxygen atoms in total. The lowest BCUT2D eigenvalue weighted by molar-refractivity contribution is 0.102. The number of nitrogens with zero attached hydrogens (tertiary/aromatic N) is 2. The maximum Gasteiger partial charge on any atom is 0.279 e. The van der Waals surface area contributed by atoms with Crippen LogP contribution in [0.1, 0.15) is 16.1 Å². The van der Waals surface area contributed by atoms with Crippen molar-refractivity contribution < 1.29 is 4.79 Å². The number of carbonyl (C=O) groups excluding carboxylic acids is 1. The van der Waals surface area contributed by atoms with Crippen molar-refractivity contribution in [3.8, 4) is 0 Å². The van der Waals surface area contributed by atoms with Crippen LogP contribution in [0, 0.1) is 6.92 Å². The van der Waals surface area contributed by atoms with Gasteiger partial charge in [-0.15, -0.1) is 0 Å². The Morgan fingerprint density at radius 2 is 2.20 bits per heavy atom. The molecule has 0 atom stereocenters. The number of thiazole rings is 1. The molecule has 0 spiro atoms. The molecule has 3 rings (SSSR count). The number of aromatic nitrogens is 3. The van der Waals surface area contributed by atoms with Gasteiger partial charge in [-0.05, 0) is 56.5 Å². The Labute approximate surface area is 135 Å². The van der Waals surface area contributed by atoms with Crippen molar-refractivity contribution in [3.63, 3.8) is 0 Å². The van der Waals surface area contributed by atoms with E-state index >= 15 is 0 Å². The number of halogens is 2. The molecular formula is C12H8Br2N4OS. The van der Waals surface area contributed by atoms with Gasteiger partial charge in [0.05, 0.1) is 14.7 Å². The minimum atomic E-state index is -0.311. The molecule has 0 aliphatic rings. The van der Waals surface area contributed by atoms with Crippen molar-refractivity contribution in [2.75, 3.05) is 5.32 Å². The van der Waals surface area contributed by atoms with Crippen LogP contribution >= 0.6 is 43.2 Å². The smallest absolute Gasteiger partial charge is 0.279 e. The van der Waals surface area contributed by atoms with Gasteiger partial charge >= 0.3 is 0 Å². The van der Waals surface area contributed by atoms with Gasteiger partial charge in [-0.1, -0.05) is 17.4 Å². The molecule has 2 N–H and O–H groups in total. The predicted octanol–water partition coefficient (Wildman–Crippen LogP) is 4.11. The molecular weight excluding hydrogens is 408 g/mol. The molecule has 0 saturated carbocycles. The van der Waals surface area contributed by atoms with Crippen LogP contribution in [0.15, 0.2) is 27.3 Å². The maximum absolute atomic E-state index is 12.1. The van der Waals surface area contributed by atoms with E-state index in [0.29, 0.717) is 14.2 Å². The third-order valence-corrected chi connectivity index (χ3v) is 5.46. The van der Waals surface area contributed by atoms with Crippen molar-refractivity contribution in [3.05, 3.63) is 38.5 Å². The first-order chi connectivity index (χ1) is 9.54. The quantitative estimate of drug-likeness (QED) is 0.661. The van der Waals surface area contributed by atoms with E-state index in [4.69, 9.17) is 0 Å². The zero-order valence-corrected chi connectivity index (χ0v) is 14.2. The molecule has 0 aliphatic carbocycles. The fraction of sp³-hybridized carbons (Fsp3) is 0.0833. The van der Waals surface area contributed by atoms with Crippen molar-refractivity contribution in [1.29, 1.82) is 0 Å². The Balaban J connectivity index is 1.89. The van der Waals surface area contributed by atoms with Gasteiger partial charge in [0, 0.05) is 0 Å². The summed E-state index contributed by atoms with van der Waals surface area (Å²) < 4.78 is 2.26. The third kappa shape index (κ3) is 2.50. The van der Waals surface area contributed by atoms with Crippen LogP contribution in [0.2, 0.25) is 0 Å². The summed E-state index contributed by atoms with van der Waals surface area (Å²) in [6.07, 6.45) is 0. The number of aromatic amines is 1. The van der Waals surface area contributed by atoms with Gasteiger partial charge in [-0.3, -0.25) is 15.2 Å². The second kappa shape index (κ2) is 5.27. The number of carbonyl (C=O) groups is 1. The summed E-state index contributed by atoms with van der Waals surface area (Å²) in [6, 6.07) is 5.98. The number of anilines is 1. The average Bonchev–Trinajstić information content (AvgIpc) is 2.93. The van der Waals surface area contributed by atoms with Gasteiger partial charge in [0.15, 0.2) is 10.8 Å². The Bertz CT molecular complexity index is 811. The summed E-state index contributed by atoms with van der Waals surface area (Å²) >= 11 is 7.98. The molecule has 0 bridgehead atoms. The second-order valence-corrected chi connectivity index (χ2v) is 6.76. The molecule has 2 heterocycles. The lowest BCUT2D eigenvalue weighted by Crippen LogP contribution is -2.12. The highest BCUT2D eigenvalue weighted by atomic mass is 79.9. The van der Waals surface area contributed by atoms with Crippen LogP contribution in [-0.2, 0) is 0 Å². The first kappa shape index (κ1) is 13.7. The first-order valence-electron chi connectivity index (χ1n) is 5.62. The van der Waals surface area contributed by atoms with E-state index in [1.54, 1.807) is 0 Å². The largest absolute Gasteiger partial charge is 0.296 e. The predicted molar refractivity (Wildman–Crippen MR) is 86.3 cm³/mol. The summed E-state index contributed by atoms with van der Waals surface area (Å²) in [5, 5.41) is 9.92. The number of nitrogens with one attached hydrogen (secondary N) is 2. The molecule has 3 aromatic rings. The number of hydrogen-bond donors (Lipinski definition) is 2. The maximum atomic E-state index is 12.1. The highest BCUT2D eigenvalue weighted by molar-refractivity contribution is 9.13. The summed E-state index contributed by atoms with van der Waals surface area (Å²) in [7, 11) is 0. The van der Waals surface area contributed by atoms with Crippen molar-refractivity contribution in [2.24, 2.45) is 0 Å². The van der Waals surface area contributed by atoms with Gasteiger partial charge < -0.3 is 0 Å². The van der Waals surface area contributed by atoms with E-state index in [1.807, 2.05) is 25.1 Å². The van der Waals surface area contributed by atoms with Gasteiger partial charge in [0.2, 0.25) is 0 Å². The summed E-state index contributed by atoms with van der Waals surface area (Å²) in [4.78, 5) is 16.5. The van der Waals surface area contributed by atoms with E-state index in [0.717, 1.165) is 15.8 Å². The molecule has 0 unspecified atom stereocenters. The number of aryl methyl sites for hydroxylation is 1. The lowest BCUT2D eigenvalue weighted by Gasteiger charge is -1.97. The molecule has 1 aromatic carbocycles. The molecule has 2 aromatic heterocycles. The van der Waals surface area contributed by atoms with E-state index < -0.39 is 0 Å². The highest BCUT2D eigenvalue weighted by Gasteiger charge is 2.18. The van der Waals surface area contributed by atoms with Crippen LogP contribution in [0.25, 0.3) is 10.2 Å². The molecule has 102 valence electrons. The first-order valence-corrected chi connectivity index (χ1v) is 8.03. The highest BCUT2D eigenvalue weighted by Crippen LogP contribution is 2.28. The average molecular weight is 416 g/mol. The Kier molecular flexibility index (Phi) is 3.61. The van der Waals surface area contributed by atoms with E-state index in [2.05, 4.69) is 52.4 Å². The Hall–Kier alpha value is -1.25. The van der Waals surface area contributed by atoms with Crippen molar-refractivity contribution in [1.82, 2.24) is 15.2 Å². The molecule has 0 saturated heterocycles. The fourth-order valence-corrected chi connectivity index (χ4v) is 3.29. The third-order valence-electron chi connectivity index (χ3n) is 2.65. The lowest BCUT2D eigenvalue weighted by atomic mass is 10.2. The van der Waals surface area contributed by atoms with Crippen molar-refractivity contribution >= 4 is 64.5 Å². The number of amides is 1. The number of rotatable bonds is 2. The van der Waals surface area contributed by atoms with Crippen LogP contribution in [0.4, 0.5) is 5.13 Å².